The zero-order valence-corrected chi connectivity index (χ0v) is 8.62. The highest BCUT2D eigenvalue weighted by Gasteiger charge is 2.39. The molecule has 0 aliphatic carbocycles. The van der Waals surface area contributed by atoms with Gasteiger partial charge in [-0.3, -0.25) is 0 Å². The fourth-order valence-corrected chi connectivity index (χ4v) is 2.56. The molecular formula is C12H15NO2. The van der Waals surface area contributed by atoms with Crippen LogP contribution in [-0.4, -0.2) is 23.8 Å². The lowest BCUT2D eigenvalue weighted by Crippen LogP contribution is -2.41. The van der Waals surface area contributed by atoms with Gasteiger partial charge in [0.2, 0.25) is 0 Å². The average Bonchev–Trinajstić information content (AvgIpc) is 2.66. The highest BCUT2D eigenvalue weighted by molar-refractivity contribution is 5.45. The van der Waals surface area contributed by atoms with Crippen molar-refractivity contribution >= 4 is 0 Å². The van der Waals surface area contributed by atoms with Gasteiger partial charge in [0.1, 0.15) is 17.1 Å². The molecule has 2 heterocycles. The number of aromatic hydroxyl groups is 1. The zero-order valence-electron chi connectivity index (χ0n) is 8.62. The van der Waals surface area contributed by atoms with Crippen molar-refractivity contribution in [3.63, 3.8) is 0 Å². The third-order valence-corrected chi connectivity index (χ3v) is 3.47. The van der Waals surface area contributed by atoms with Crippen LogP contribution in [0.5, 0.6) is 11.5 Å². The van der Waals surface area contributed by atoms with Gasteiger partial charge in [-0.15, -0.1) is 0 Å². The van der Waals surface area contributed by atoms with Gasteiger partial charge in [0, 0.05) is 18.5 Å². The fraction of sp³-hybridized carbons (Fsp3) is 0.500. The SMILES string of the molecule is Oc1cccc2c1CC[C@@]1(CCNC1)O2. The summed E-state index contributed by atoms with van der Waals surface area (Å²) in [4.78, 5) is 0. The van der Waals surface area contributed by atoms with E-state index in [2.05, 4.69) is 5.32 Å². The summed E-state index contributed by atoms with van der Waals surface area (Å²) < 4.78 is 6.04. The Kier molecular flexibility index (Phi) is 1.89. The van der Waals surface area contributed by atoms with Crippen molar-refractivity contribution in [3.8, 4) is 11.5 Å². The second kappa shape index (κ2) is 3.14. The Morgan fingerprint density at radius 2 is 2.27 bits per heavy atom. The number of rotatable bonds is 0. The standard InChI is InChI=1S/C12H15NO2/c14-10-2-1-3-11-9(10)4-5-12(15-11)6-7-13-8-12/h1-3,13-14H,4-8H2/t12-/m0/s1. The van der Waals surface area contributed by atoms with Crippen molar-refractivity contribution in [1.29, 1.82) is 0 Å². The number of hydrogen-bond donors (Lipinski definition) is 2. The van der Waals surface area contributed by atoms with Crippen molar-refractivity contribution in [2.75, 3.05) is 13.1 Å². The number of ether oxygens (including phenoxy) is 1. The summed E-state index contributed by atoms with van der Waals surface area (Å²) in [7, 11) is 0. The Labute approximate surface area is 89.1 Å². The van der Waals surface area contributed by atoms with E-state index < -0.39 is 0 Å². The molecule has 1 atom stereocenters. The van der Waals surface area contributed by atoms with Gasteiger partial charge in [0.15, 0.2) is 0 Å². The Bertz CT molecular complexity index is 383. The summed E-state index contributed by atoms with van der Waals surface area (Å²) in [5.41, 5.74) is 0.955. The molecule has 15 heavy (non-hydrogen) atoms. The van der Waals surface area contributed by atoms with E-state index >= 15 is 0 Å². The Morgan fingerprint density at radius 3 is 3.07 bits per heavy atom. The molecule has 0 radical (unpaired) electrons. The molecule has 0 bridgehead atoms. The smallest absolute Gasteiger partial charge is 0.127 e. The Balaban J connectivity index is 1.96. The van der Waals surface area contributed by atoms with Crippen LogP contribution in [0.25, 0.3) is 0 Å². The third kappa shape index (κ3) is 1.38. The van der Waals surface area contributed by atoms with E-state index in [1.807, 2.05) is 12.1 Å². The molecule has 80 valence electrons. The molecule has 0 saturated carbocycles. The minimum atomic E-state index is -0.0131. The predicted octanol–water partition coefficient (Wildman–Crippen LogP) is 1.45. The number of phenolic OH excluding ortho intramolecular Hbond substituents is 1. The molecule has 2 N–H and O–H groups in total. The first-order chi connectivity index (χ1) is 7.29. The minimum absolute atomic E-state index is 0.0131. The molecule has 0 amide bonds. The Hall–Kier alpha value is -1.22. The van der Waals surface area contributed by atoms with Crippen LogP contribution in [0, 0.1) is 0 Å². The zero-order chi connectivity index (χ0) is 10.3. The van der Waals surface area contributed by atoms with Crippen LogP contribution < -0.4 is 10.1 Å². The normalized spacial score (nSPS) is 28.8. The first-order valence-electron chi connectivity index (χ1n) is 5.50. The maximum Gasteiger partial charge on any atom is 0.127 e. The second-order valence-corrected chi connectivity index (χ2v) is 4.47. The number of nitrogens with one attached hydrogen (secondary N) is 1. The summed E-state index contributed by atoms with van der Waals surface area (Å²) >= 11 is 0. The number of benzene rings is 1. The molecule has 0 unspecified atom stereocenters. The van der Waals surface area contributed by atoms with Crippen LogP contribution in [0.4, 0.5) is 0 Å². The van der Waals surface area contributed by atoms with Crippen LogP contribution in [0.1, 0.15) is 18.4 Å². The molecule has 2 aliphatic heterocycles. The number of fused-ring (bicyclic) bond motifs is 1. The van der Waals surface area contributed by atoms with Crippen LogP contribution >= 0.6 is 0 Å². The van der Waals surface area contributed by atoms with E-state index in [1.54, 1.807) is 6.07 Å². The van der Waals surface area contributed by atoms with E-state index in [1.165, 1.54) is 0 Å². The summed E-state index contributed by atoms with van der Waals surface area (Å²) in [6, 6.07) is 5.52. The quantitative estimate of drug-likeness (QED) is 0.673. The van der Waals surface area contributed by atoms with E-state index in [-0.39, 0.29) is 5.60 Å². The molecule has 2 aliphatic rings. The van der Waals surface area contributed by atoms with E-state index in [0.29, 0.717) is 5.75 Å². The molecule has 1 aromatic carbocycles. The van der Waals surface area contributed by atoms with Gasteiger partial charge in [-0.1, -0.05) is 6.07 Å². The lowest BCUT2D eigenvalue weighted by molar-refractivity contribution is 0.0656. The van der Waals surface area contributed by atoms with Crippen molar-refractivity contribution in [1.82, 2.24) is 5.32 Å². The van der Waals surface area contributed by atoms with Gasteiger partial charge >= 0.3 is 0 Å². The maximum atomic E-state index is 9.69. The van der Waals surface area contributed by atoms with Crippen molar-refractivity contribution in [2.45, 2.75) is 24.9 Å². The van der Waals surface area contributed by atoms with Gasteiger partial charge in [-0.05, 0) is 31.5 Å². The predicted molar refractivity (Wildman–Crippen MR) is 57.3 cm³/mol. The third-order valence-electron chi connectivity index (χ3n) is 3.47. The molecule has 1 spiro atoms. The first-order valence-corrected chi connectivity index (χ1v) is 5.50. The molecule has 1 saturated heterocycles. The molecule has 0 aromatic heterocycles. The maximum absolute atomic E-state index is 9.69. The number of hydrogen-bond acceptors (Lipinski definition) is 3. The second-order valence-electron chi connectivity index (χ2n) is 4.47. The molecule has 3 rings (SSSR count). The summed E-state index contributed by atoms with van der Waals surface area (Å²) in [5.74, 6) is 1.23. The van der Waals surface area contributed by atoms with E-state index in [4.69, 9.17) is 4.74 Å². The highest BCUT2D eigenvalue weighted by Crippen LogP contribution is 2.39. The molecule has 1 aromatic rings. The van der Waals surface area contributed by atoms with Gasteiger partial charge in [-0.25, -0.2) is 0 Å². The van der Waals surface area contributed by atoms with Crippen molar-refractivity contribution in [2.24, 2.45) is 0 Å². The van der Waals surface area contributed by atoms with Crippen LogP contribution in [0.2, 0.25) is 0 Å². The largest absolute Gasteiger partial charge is 0.508 e. The molecule has 1 fully saturated rings. The molecule has 3 nitrogen and oxygen atoms in total. The average molecular weight is 205 g/mol. The van der Waals surface area contributed by atoms with E-state index in [0.717, 1.165) is 43.7 Å². The monoisotopic (exact) mass is 205 g/mol. The number of phenols is 1. The molecule has 3 heteroatoms. The fourth-order valence-electron chi connectivity index (χ4n) is 2.56. The topological polar surface area (TPSA) is 41.5 Å². The van der Waals surface area contributed by atoms with Gasteiger partial charge < -0.3 is 15.2 Å². The van der Waals surface area contributed by atoms with Gasteiger partial charge in [-0.2, -0.15) is 0 Å². The Morgan fingerprint density at radius 1 is 1.33 bits per heavy atom. The molecular weight excluding hydrogens is 190 g/mol. The van der Waals surface area contributed by atoms with Gasteiger partial charge in [0.25, 0.3) is 0 Å². The lowest BCUT2D eigenvalue weighted by atomic mass is 9.90. The highest BCUT2D eigenvalue weighted by atomic mass is 16.5. The van der Waals surface area contributed by atoms with Crippen LogP contribution in [0.15, 0.2) is 18.2 Å². The van der Waals surface area contributed by atoms with Crippen molar-refractivity contribution < 1.29 is 9.84 Å². The minimum Gasteiger partial charge on any atom is -0.508 e. The summed E-state index contributed by atoms with van der Waals surface area (Å²) in [6.45, 7) is 1.97. The van der Waals surface area contributed by atoms with Crippen molar-refractivity contribution in [3.05, 3.63) is 23.8 Å². The van der Waals surface area contributed by atoms with Crippen LogP contribution in [-0.2, 0) is 6.42 Å². The summed E-state index contributed by atoms with van der Waals surface area (Å²) in [5, 5.41) is 13.0. The lowest BCUT2D eigenvalue weighted by Gasteiger charge is -2.35. The van der Waals surface area contributed by atoms with Crippen LogP contribution in [0.3, 0.4) is 0 Å². The van der Waals surface area contributed by atoms with Gasteiger partial charge in [0.05, 0.1) is 0 Å². The summed E-state index contributed by atoms with van der Waals surface area (Å²) in [6.07, 6.45) is 3.00. The van der Waals surface area contributed by atoms with E-state index in [9.17, 15) is 5.11 Å². The first kappa shape index (κ1) is 9.04.